The molecule has 0 amide bonds. The second-order valence-electron chi connectivity index (χ2n) is 6.28. The van der Waals surface area contributed by atoms with Crippen LogP contribution in [0.4, 0.5) is 0 Å². The molecule has 28 heavy (non-hydrogen) atoms. The fraction of sp³-hybridized carbons (Fsp3) is 0.0500. The van der Waals surface area contributed by atoms with Crippen LogP contribution in [0.25, 0.3) is 33.8 Å². The van der Waals surface area contributed by atoms with E-state index in [0.29, 0.717) is 39.0 Å². The SMILES string of the molecule is Cc1nc2nc3ccn(-c4ccccn4)c(=O)c3c(-c3ccc(Cl)cc3)n2n1. The lowest BCUT2D eigenvalue weighted by molar-refractivity contribution is 0.920. The van der Waals surface area contributed by atoms with E-state index in [1.165, 1.54) is 4.57 Å². The first-order chi connectivity index (χ1) is 13.6. The summed E-state index contributed by atoms with van der Waals surface area (Å²) in [5, 5.41) is 5.50. The van der Waals surface area contributed by atoms with Crippen molar-refractivity contribution in [3.8, 4) is 17.1 Å². The van der Waals surface area contributed by atoms with Crippen molar-refractivity contribution in [1.82, 2.24) is 29.1 Å². The average molecular weight is 389 g/mol. The van der Waals surface area contributed by atoms with Crippen molar-refractivity contribution < 1.29 is 0 Å². The van der Waals surface area contributed by atoms with Gasteiger partial charge >= 0.3 is 0 Å². The predicted molar refractivity (Wildman–Crippen MR) is 107 cm³/mol. The maximum atomic E-state index is 13.4. The summed E-state index contributed by atoms with van der Waals surface area (Å²) in [7, 11) is 0. The van der Waals surface area contributed by atoms with Crippen LogP contribution in [-0.4, -0.2) is 29.1 Å². The zero-order valence-electron chi connectivity index (χ0n) is 14.7. The molecule has 0 unspecified atom stereocenters. The molecule has 5 rings (SSSR count). The summed E-state index contributed by atoms with van der Waals surface area (Å²) in [4.78, 5) is 26.6. The maximum absolute atomic E-state index is 13.4. The van der Waals surface area contributed by atoms with Crippen molar-refractivity contribution >= 4 is 28.3 Å². The fourth-order valence-corrected chi connectivity index (χ4v) is 3.36. The molecule has 4 heterocycles. The summed E-state index contributed by atoms with van der Waals surface area (Å²) < 4.78 is 3.10. The Morgan fingerprint density at radius 2 is 1.82 bits per heavy atom. The third-order valence-electron chi connectivity index (χ3n) is 4.45. The van der Waals surface area contributed by atoms with Crippen LogP contribution in [0.15, 0.2) is 65.7 Å². The van der Waals surface area contributed by atoms with Crippen LogP contribution in [0.5, 0.6) is 0 Å². The minimum atomic E-state index is -0.233. The Balaban J connectivity index is 1.94. The van der Waals surface area contributed by atoms with Gasteiger partial charge in [-0.3, -0.25) is 9.36 Å². The third-order valence-corrected chi connectivity index (χ3v) is 4.70. The molecule has 0 spiro atoms. The van der Waals surface area contributed by atoms with Crippen LogP contribution in [0.1, 0.15) is 5.82 Å². The topological polar surface area (TPSA) is 78.0 Å². The lowest BCUT2D eigenvalue weighted by atomic mass is 10.1. The number of pyridine rings is 2. The monoisotopic (exact) mass is 388 g/mol. The molecule has 0 saturated carbocycles. The van der Waals surface area contributed by atoms with Crippen LogP contribution in [0, 0.1) is 6.92 Å². The number of aromatic nitrogens is 6. The molecule has 0 atom stereocenters. The van der Waals surface area contributed by atoms with Gasteiger partial charge in [0.25, 0.3) is 11.3 Å². The first-order valence-electron chi connectivity index (χ1n) is 8.58. The van der Waals surface area contributed by atoms with Crippen LogP contribution in [0.2, 0.25) is 5.02 Å². The highest BCUT2D eigenvalue weighted by molar-refractivity contribution is 6.30. The van der Waals surface area contributed by atoms with Gasteiger partial charge in [0.1, 0.15) is 11.6 Å². The van der Waals surface area contributed by atoms with Crippen LogP contribution >= 0.6 is 11.6 Å². The fourth-order valence-electron chi connectivity index (χ4n) is 3.23. The average Bonchev–Trinajstić information content (AvgIpc) is 3.08. The second kappa shape index (κ2) is 6.24. The smallest absolute Gasteiger partial charge is 0.267 e. The molecule has 0 aliphatic heterocycles. The Morgan fingerprint density at radius 3 is 2.57 bits per heavy atom. The Labute approximate surface area is 163 Å². The number of fused-ring (bicyclic) bond motifs is 2. The number of hydrogen-bond donors (Lipinski definition) is 0. The highest BCUT2D eigenvalue weighted by atomic mass is 35.5. The maximum Gasteiger partial charge on any atom is 0.267 e. The summed E-state index contributed by atoms with van der Waals surface area (Å²) in [5.41, 5.74) is 1.72. The van der Waals surface area contributed by atoms with E-state index in [4.69, 9.17) is 11.6 Å². The van der Waals surface area contributed by atoms with E-state index in [-0.39, 0.29) is 5.56 Å². The number of nitrogens with zero attached hydrogens (tertiary/aromatic N) is 6. The number of halogens is 1. The quantitative estimate of drug-likeness (QED) is 0.463. The molecule has 0 aliphatic carbocycles. The lowest BCUT2D eigenvalue weighted by Crippen LogP contribution is -2.20. The van der Waals surface area contributed by atoms with Crippen molar-refractivity contribution in [2.75, 3.05) is 0 Å². The summed E-state index contributed by atoms with van der Waals surface area (Å²) in [5.74, 6) is 1.54. The number of benzene rings is 1. The largest absolute Gasteiger partial charge is 0.268 e. The van der Waals surface area contributed by atoms with Gasteiger partial charge in [0, 0.05) is 23.0 Å². The van der Waals surface area contributed by atoms with Gasteiger partial charge in [0.15, 0.2) is 0 Å². The zero-order valence-corrected chi connectivity index (χ0v) is 15.5. The third kappa shape index (κ3) is 2.56. The summed E-state index contributed by atoms with van der Waals surface area (Å²) in [6.07, 6.45) is 3.32. The van der Waals surface area contributed by atoms with Gasteiger partial charge in [0.05, 0.1) is 16.6 Å². The molecule has 0 fully saturated rings. The van der Waals surface area contributed by atoms with E-state index in [1.54, 1.807) is 54.2 Å². The molecule has 4 aromatic heterocycles. The molecule has 0 aliphatic rings. The van der Waals surface area contributed by atoms with E-state index >= 15 is 0 Å². The molecular formula is C20H13ClN6O. The van der Waals surface area contributed by atoms with Crippen molar-refractivity contribution in [1.29, 1.82) is 0 Å². The minimum Gasteiger partial charge on any atom is -0.268 e. The van der Waals surface area contributed by atoms with Gasteiger partial charge in [-0.25, -0.2) is 9.97 Å². The van der Waals surface area contributed by atoms with E-state index < -0.39 is 0 Å². The molecule has 0 saturated heterocycles. The number of aryl methyl sites for hydroxylation is 1. The van der Waals surface area contributed by atoms with Gasteiger partial charge in [-0.2, -0.15) is 9.50 Å². The number of rotatable bonds is 2. The van der Waals surface area contributed by atoms with E-state index in [2.05, 4.69) is 20.1 Å². The molecule has 7 nitrogen and oxygen atoms in total. The van der Waals surface area contributed by atoms with Gasteiger partial charge in [0.2, 0.25) is 0 Å². The Hall–Kier alpha value is -3.58. The summed E-state index contributed by atoms with van der Waals surface area (Å²) in [6, 6.07) is 14.5. The summed E-state index contributed by atoms with van der Waals surface area (Å²) >= 11 is 6.06. The molecule has 0 N–H and O–H groups in total. The molecule has 0 radical (unpaired) electrons. The van der Waals surface area contributed by atoms with Crippen LogP contribution in [0.3, 0.4) is 0 Å². The lowest BCUT2D eigenvalue weighted by Gasteiger charge is -2.11. The van der Waals surface area contributed by atoms with Gasteiger partial charge in [-0.15, -0.1) is 5.10 Å². The first-order valence-corrected chi connectivity index (χ1v) is 8.96. The van der Waals surface area contributed by atoms with E-state index in [0.717, 1.165) is 5.56 Å². The normalized spacial score (nSPS) is 11.4. The predicted octanol–water partition coefficient (Wildman–Crippen LogP) is 3.45. The van der Waals surface area contributed by atoms with Gasteiger partial charge in [-0.05, 0) is 37.3 Å². The molecular weight excluding hydrogens is 376 g/mol. The number of hydrogen-bond acceptors (Lipinski definition) is 5. The molecule has 1 aromatic carbocycles. The Kier molecular flexibility index (Phi) is 3.70. The van der Waals surface area contributed by atoms with Crippen LogP contribution in [-0.2, 0) is 0 Å². The van der Waals surface area contributed by atoms with Crippen molar-refractivity contribution in [2.45, 2.75) is 6.92 Å². The van der Waals surface area contributed by atoms with E-state index in [1.807, 2.05) is 18.2 Å². The zero-order chi connectivity index (χ0) is 19.3. The van der Waals surface area contributed by atoms with Crippen molar-refractivity contribution in [3.05, 3.63) is 82.1 Å². The molecule has 5 aromatic rings. The molecule has 136 valence electrons. The summed E-state index contributed by atoms with van der Waals surface area (Å²) in [6.45, 7) is 1.79. The Bertz CT molecular complexity index is 1390. The van der Waals surface area contributed by atoms with Gasteiger partial charge < -0.3 is 0 Å². The molecule has 0 bridgehead atoms. The highest BCUT2D eigenvalue weighted by Gasteiger charge is 2.18. The second-order valence-corrected chi connectivity index (χ2v) is 6.71. The minimum absolute atomic E-state index is 0.233. The van der Waals surface area contributed by atoms with Crippen molar-refractivity contribution in [3.63, 3.8) is 0 Å². The Morgan fingerprint density at radius 1 is 1.00 bits per heavy atom. The van der Waals surface area contributed by atoms with Gasteiger partial charge in [-0.1, -0.05) is 29.8 Å². The molecule has 8 heteroatoms. The highest BCUT2D eigenvalue weighted by Crippen LogP contribution is 2.27. The standard InChI is InChI=1S/C20H13ClN6O/c1-12-23-20-24-15-9-11-26(16-4-2-3-10-22-16)19(28)17(15)18(27(20)25-12)13-5-7-14(21)8-6-13/h2-11H,1H3. The van der Waals surface area contributed by atoms with E-state index in [9.17, 15) is 4.79 Å². The van der Waals surface area contributed by atoms with Crippen LogP contribution < -0.4 is 5.56 Å². The van der Waals surface area contributed by atoms with Crippen molar-refractivity contribution in [2.24, 2.45) is 0 Å². The first kappa shape index (κ1) is 16.6.